The molecule has 0 saturated carbocycles. The van der Waals surface area contributed by atoms with Crippen LogP contribution in [0.4, 0.5) is 11.5 Å². The zero-order valence-corrected chi connectivity index (χ0v) is 10.5. The Morgan fingerprint density at radius 1 is 1.20 bits per heavy atom. The first-order chi connectivity index (χ1) is 9.75. The molecule has 0 radical (unpaired) electrons. The standard InChI is InChI=1S/C14H12N4O2/c19-18(20)13-8-9-14(15-11-13)17-16-10-4-7-12-5-2-1-3-6-12/h1-11H,(H,15,17)/b7-4-,16-10-. The number of anilines is 1. The Bertz CT molecular complexity index is 621. The van der Waals surface area contributed by atoms with Gasteiger partial charge in [0.15, 0.2) is 0 Å². The van der Waals surface area contributed by atoms with Crippen LogP contribution in [0.2, 0.25) is 0 Å². The van der Waals surface area contributed by atoms with Gasteiger partial charge in [-0.15, -0.1) is 0 Å². The Balaban J connectivity index is 1.87. The van der Waals surface area contributed by atoms with Crippen LogP contribution >= 0.6 is 0 Å². The first-order valence-corrected chi connectivity index (χ1v) is 5.87. The summed E-state index contributed by atoms with van der Waals surface area (Å²) < 4.78 is 0. The van der Waals surface area contributed by atoms with Crippen LogP contribution in [0.1, 0.15) is 5.56 Å². The van der Waals surface area contributed by atoms with Gasteiger partial charge < -0.3 is 0 Å². The van der Waals surface area contributed by atoms with Crippen molar-refractivity contribution in [2.45, 2.75) is 0 Å². The fourth-order valence-electron chi connectivity index (χ4n) is 1.42. The molecule has 0 aliphatic rings. The number of nitro groups is 1. The highest BCUT2D eigenvalue weighted by molar-refractivity contribution is 5.78. The predicted molar refractivity (Wildman–Crippen MR) is 78.5 cm³/mol. The minimum Gasteiger partial charge on any atom is -0.261 e. The summed E-state index contributed by atoms with van der Waals surface area (Å²) in [6, 6.07) is 12.7. The number of hydrazone groups is 1. The third-order valence-corrected chi connectivity index (χ3v) is 2.39. The van der Waals surface area contributed by atoms with Crippen LogP contribution in [0, 0.1) is 10.1 Å². The molecule has 100 valence electrons. The molecule has 2 aromatic rings. The topological polar surface area (TPSA) is 80.4 Å². The number of pyridine rings is 1. The molecular formula is C14H12N4O2. The Morgan fingerprint density at radius 3 is 2.65 bits per heavy atom. The number of allylic oxidation sites excluding steroid dienone is 1. The summed E-state index contributed by atoms with van der Waals surface area (Å²) >= 11 is 0. The van der Waals surface area contributed by atoms with Crippen LogP contribution < -0.4 is 5.43 Å². The molecule has 1 aromatic heterocycles. The average molecular weight is 268 g/mol. The third-order valence-electron chi connectivity index (χ3n) is 2.39. The summed E-state index contributed by atoms with van der Waals surface area (Å²) in [4.78, 5) is 13.8. The highest BCUT2D eigenvalue weighted by Gasteiger charge is 2.03. The van der Waals surface area contributed by atoms with Gasteiger partial charge in [0.25, 0.3) is 5.69 Å². The van der Waals surface area contributed by atoms with Crippen LogP contribution in [-0.4, -0.2) is 16.1 Å². The first kappa shape index (κ1) is 13.4. The summed E-state index contributed by atoms with van der Waals surface area (Å²) in [5.41, 5.74) is 3.71. The van der Waals surface area contributed by atoms with E-state index in [2.05, 4.69) is 15.5 Å². The smallest absolute Gasteiger partial charge is 0.261 e. The van der Waals surface area contributed by atoms with Crippen LogP contribution in [-0.2, 0) is 0 Å². The van der Waals surface area contributed by atoms with Crippen LogP contribution in [0.3, 0.4) is 0 Å². The van der Waals surface area contributed by atoms with E-state index in [0.29, 0.717) is 5.82 Å². The number of hydrogen-bond acceptors (Lipinski definition) is 5. The summed E-state index contributed by atoms with van der Waals surface area (Å²) in [5, 5.41) is 14.4. The van der Waals surface area contributed by atoms with Gasteiger partial charge in [0, 0.05) is 12.3 Å². The second-order valence-electron chi connectivity index (χ2n) is 3.82. The van der Waals surface area contributed by atoms with E-state index < -0.39 is 4.92 Å². The van der Waals surface area contributed by atoms with Gasteiger partial charge in [-0.05, 0) is 17.7 Å². The second kappa shape index (κ2) is 6.79. The van der Waals surface area contributed by atoms with E-state index in [4.69, 9.17) is 0 Å². The van der Waals surface area contributed by atoms with E-state index in [0.717, 1.165) is 5.56 Å². The molecule has 20 heavy (non-hydrogen) atoms. The van der Waals surface area contributed by atoms with E-state index in [1.54, 1.807) is 12.3 Å². The molecule has 0 atom stereocenters. The van der Waals surface area contributed by atoms with Crippen molar-refractivity contribution < 1.29 is 4.92 Å². The lowest BCUT2D eigenvalue weighted by Gasteiger charge is -1.96. The van der Waals surface area contributed by atoms with Crippen molar-refractivity contribution in [3.05, 3.63) is 70.4 Å². The number of aromatic nitrogens is 1. The predicted octanol–water partition coefficient (Wildman–Crippen LogP) is 3.10. The fraction of sp³-hybridized carbons (Fsp3) is 0. The molecule has 1 heterocycles. The minimum atomic E-state index is -0.497. The highest BCUT2D eigenvalue weighted by Crippen LogP contribution is 2.11. The number of nitrogens with one attached hydrogen (secondary N) is 1. The molecule has 1 N–H and O–H groups in total. The number of rotatable bonds is 5. The number of benzene rings is 1. The Morgan fingerprint density at radius 2 is 2.00 bits per heavy atom. The molecule has 0 unspecified atom stereocenters. The Labute approximate surface area is 115 Å². The number of nitrogens with zero attached hydrogens (tertiary/aromatic N) is 3. The molecule has 0 amide bonds. The number of hydrogen-bond donors (Lipinski definition) is 1. The average Bonchev–Trinajstić information content (AvgIpc) is 2.48. The largest absolute Gasteiger partial charge is 0.287 e. The molecule has 0 spiro atoms. The van der Waals surface area contributed by atoms with Gasteiger partial charge in [0.2, 0.25) is 0 Å². The fourth-order valence-corrected chi connectivity index (χ4v) is 1.42. The monoisotopic (exact) mass is 268 g/mol. The van der Waals surface area contributed by atoms with Crippen molar-refractivity contribution in [3.63, 3.8) is 0 Å². The van der Waals surface area contributed by atoms with Crippen LogP contribution in [0.5, 0.6) is 0 Å². The van der Waals surface area contributed by atoms with Crippen molar-refractivity contribution in [1.82, 2.24) is 4.98 Å². The molecule has 0 fully saturated rings. The molecule has 1 aromatic carbocycles. The lowest BCUT2D eigenvalue weighted by Crippen LogP contribution is -1.94. The maximum Gasteiger partial charge on any atom is 0.287 e. The van der Waals surface area contributed by atoms with Crippen molar-refractivity contribution >= 4 is 23.8 Å². The van der Waals surface area contributed by atoms with Gasteiger partial charge in [0.05, 0.1) is 4.92 Å². The molecule has 0 bridgehead atoms. The van der Waals surface area contributed by atoms with Crippen molar-refractivity contribution in [2.24, 2.45) is 5.10 Å². The van der Waals surface area contributed by atoms with Gasteiger partial charge >= 0.3 is 0 Å². The maximum atomic E-state index is 10.5. The molecule has 0 aliphatic heterocycles. The van der Waals surface area contributed by atoms with Gasteiger partial charge in [0.1, 0.15) is 12.0 Å². The summed E-state index contributed by atoms with van der Waals surface area (Å²) in [6.45, 7) is 0. The van der Waals surface area contributed by atoms with Crippen molar-refractivity contribution in [2.75, 3.05) is 5.43 Å². The second-order valence-corrected chi connectivity index (χ2v) is 3.82. The summed E-state index contributed by atoms with van der Waals surface area (Å²) in [6.07, 6.45) is 6.45. The molecule has 0 saturated heterocycles. The SMILES string of the molecule is O=[N+]([O-])c1ccc(N/N=C\C=C/c2ccccc2)nc1. The van der Waals surface area contributed by atoms with Crippen LogP contribution in [0.25, 0.3) is 6.08 Å². The minimum absolute atomic E-state index is 0.0523. The van der Waals surface area contributed by atoms with Gasteiger partial charge in [-0.25, -0.2) is 4.98 Å². The molecule has 6 heteroatoms. The molecule has 0 aliphatic carbocycles. The first-order valence-electron chi connectivity index (χ1n) is 5.87. The zero-order chi connectivity index (χ0) is 14.2. The lowest BCUT2D eigenvalue weighted by atomic mass is 10.2. The van der Waals surface area contributed by atoms with E-state index in [-0.39, 0.29) is 5.69 Å². The van der Waals surface area contributed by atoms with Gasteiger partial charge in [-0.1, -0.05) is 36.4 Å². The van der Waals surface area contributed by atoms with E-state index in [9.17, 15) is 10.1 Å². The molecule has 6 nitrogen and oxygen atoms in total. The zero-order valence-electron chi connectivity index (χ0n) is 10.5. The van der Waals surface area contributed by atoms with E-state index in [1.165, 1.54) is 18.3 Å². The maximum absolute atomic E-state index is 10.5. The van der Waals surface area contributed by atoms with Gasteiger partial charge in [-0.2, -0.15) is 5.10 Å². The highest BCUT2D eigenvalue weighted by atomic mass is 16.6. The van der Waals surface area contributed by atoms with Crippen LogP contribution in [0.15, 0.2) is 59.8 Å². The normalized spacial score (nSPS) is 11.0. The lowest BCUT2D eigenvalue weighted by molar-refractivity contribution is -0.385. The molecule has 2 rings (SSSR count). The van der Waals surface area contributed by atoms with Crippen molar-refractivity contribution in [3.8, 4) is 0 Å². The van der Waals surface area contributed by atoms with E-state index >= 15 is 0 Å². The van der Waals surface area contributed by atoms with Gasteiger partial charge in [-0.3, -0.25) is 15.5 Å². The summed E-state index contributed by atoms with van der Waals surface area (Å²) in [5.74, 6) is 0.444. The molecular weight excluding hydrogens is 256 g/mol. The van der Waals surface area contributed by atoms with E-state index in [1.807, 2.05) is 36.4 Å². The Kier molecular flexibility index (Phi) is 4.55. The quantitative estimate of drug-likeness (QED) is 0.513. The Hall–Kier alpha value is -3.02. The third kappa shape index (κ3) is 4.02. The van der Waals surface area contributed by atoms with Crippen molar-refractivity contribution in [1.29, 1.82) is 0 Å². The summed E-state index contributed by atoms with van der Waals surface area (Å²) in [7, 11) is 0.